The largest absolute Gasteiger partial charge is 0.467 e. The van der Waals surface area contributed by atoms with Gasteiger partial charge in [0.1, 0.15) is 5.60 Å². The summed E-state index contributed by atoms with van der Waals surface area (Å²) in [6, 6.07) is 4.72. The van der Waals surface area contributed by atoms with Crippen molar-refractivity contribution in [2.75, 3.05) is 12.0 Å². The average Bonchev–Trinajstić information content (AvgIpc) is 2.68. The predicted molar refractivity (Wildman–Crippen MR) is 84.7 cm³/mol. The summed E-state index contributed by atoms with van der Waals surface area (Å²) >= 11 is 0. The lowest BCUT2D eigenvalue weighted by Crippen LogP contribution is -2.45. The minimum Gasteiger partial charge on any atom is -0.467 e. The van der Waals surface area contributed by atoms with Gasteiger partial charge in [-0.05, 0) is 44.9 Å². The second-order valence-corrected chi connectivity index (χ2v) is 6.32. The smallest absolute Gasteiger partial charge is 0.415 e. The van der Waals surface area contributed by atoms with Crippen LogP contribution in [0.5, 0.6) is 0 Å². The molecule has 1 aliphatic heterocycles. The summed E-state index contributed by atoms with van der Waals surface area (Å²) < 4.78 is 10.3. The number of anilines is 1. The highest BCUT2D eigenvalue weighted by Gasteiger charge is 2.43. The van der Waals surface area contributed by atoms with Crippen LogP contribution in [0.1, 0.15) is 31.9 Å². The Morgan fingerprint density at radius 1 is 1.27 bits per heavy atom. The lowest BCUT2D eigenvalue weighted by molar-refractivity contribution is -0.140. The van der Waals surface area contributed by atoms with Gasteiger partial charge in [0.25, 0.3) is 0 Å². The van der Waals surface area contributed by atoms with Gasteiger partial charge in [-0.25, -0.2) is 9.59 Å². The Hall–Kier alpha value is -2.30. The number of benzene rings is 1. The molecule has 0 N–H and O–H groups in total. The number of esters is 1. The molecule has 1 heterocycles. The van der Waals surface area contributed by atoms with Gasteiger partial charge in [-0.15, -0.1) is 0 Å². The average molecular weight is 303 g/mol. The molecular weight excluding hydrogens is 282 g/mol. The van der Waals surface area contributed by atoms with E-state index in [0.717, 1.165) is 11.1 Å². The van der Waals surface area contributed by atoms with Crippen molar-refractivity contribution in [2.45, 2.75) is 39.3 Å². The van der Waals surface area contributed by atoms with Crippen LogP contribution in [0.4, 0.5) is 10.5 Å². The molecule has 0 aliphatic carbocycles. The Bertz CT molecular complexity index is 643. The van der Waals surface area contributed by atoms with E-state index >= 15 is 0 Å². The van der Waals surface area contributed by atoms with E-state index in [1.165, 1.54) is 12.0 Å². The highest BCUT2D eigenvalue weighted by Crippen LogP contribution is 2.41. The minimum absolute atomic E-state index is 0.535. The molecule has 0 fully saturated rings. The number of rotatable bonds is 1. The van der Waals surface area contributed by atoms with E-state index in [-0.39, 0.29) is 0 Å². The third-order valence-corrected chi connectivity index (χ3v) is 3.36. The number of hydrogen-bond donors (Lipinski definition) is 0. The van der Waals surface area contributed by atoms with Crippen molar-refractivity contribution < 1.29 is 19.1 Å². The molecule has 1 aromatic carbocycles. The van der Waals surface area contributed by atoms with E-state index in [1.807, 2.05) is 25.1 Å². The van der Waals surface area contributed by atoms with E-state index < -0.39 is 23.7 Å². The van der Waals surface area contributed by atoms with Crippen molar-refractivity contribution in [1.82, 2.24) is 0 Å². The van der Waals surface area contributed by atoms with Gasteiger partial charge in [-0.1, -0.05) is 18.7 Å². The second-order valence-electron chi connectivity index (χ2n) is 6.32. The summed E-state index contributed by atoms with van der Waals surface area (Å²) in [6.45, 7) is 11.2. The number of hydrogen-bond acceptors (Lipinski definition) is 4. The third kappa shape index (κ3) is 2.84. The predicted octanol–water partition coefficient (Wildman–Crippen LogP) is 3.30. The molecule has 1 atom stereocenters. The van der Waals surface area contributed by atoms with Crippen molar-refractivity contribution in [3.8, 4) is 0 Å². The van der Waals surface area contributed by atoms with Crippen LogP contribution in [0.3, 0.4) is 0 Å². The van der Waals surface area contributed by atoms with Gasteiger partial charge in [-0.3, -0.25) is 4.90 Å². The molecule has 1 aliphatic rings. The van der Waals surface area contributed by atoms with Crippen LogP contribution in [0.15, 0.2) is 24.8 Å². The molecule has 0 aromatic heterocycles. The van der Waals surface area contributed by atoms with E-state index in [9.17, 15) is 9.59 Å². The first-order chi connectivity index (χ1) is 10.2. The van der Waals surface area contributed by atoms with Crippen LogP contribution in [-0.4, -0.2) is 30.8 Å². The van der Waals surface area contributed by atoms with E-state index in [1.54, 1.807) is 20.8 Å². The highest BCUT2D eigenvalue weighted by molar-refractivity contribution is 6.11. The number of ether oxygens (including phenoxy) is 2. The van der Waals surface area contributed by atoms with Crippen molar-refractivity contribution in [1.29, 1.82) is 0 Å². The fourth-order valence-electron chi connectivity index (χ4n) is 2.43. The standard InChI is InChI=1S/C17H21NO4/c1-10-7-8-12-11(2)14(15(19)21-6)18(13(12)9-10)16(20)22-17(3,4)5/h7-9,14H,2H2,1,3-6H3. The maximum absolute atomic E-state index is 12.6. The van der Waals surface area contributed by atoms with Crippen LogP contribution in [0.2, 0.25) is 0 Å². The summed E-state index contributed by atoms with van der Waals surface area (Å²) in [5, 5.41) is 0. The number of fused-ring (bicyclic) bond motifs is 1. The molecule has 22 heavy (non-hydrogen) atoms. The molecule has 1 amide bonds. The van der Waals surface area contributed by atoms with Crippen molar-refractivity contribution in [3.05, 3.63) is 35.9 Å². The second kappa shape index (κ2) is 5.48. The van der Waals surface area contributed by atoms with Gasteiger partial charge in [0.05, 0.1) is 12.8 Å². The number of amides is 1. The maximum Gasteiger partial charge on any atom is 0.415 e. The minimum atomic E-state index is -0.892. The number of carbonyl (C=O) groups is 2. The van der Waals surface area contributed by atoms with Gasteiger partial charge in [-0.2, -0.15) is 0 Å². The summed E-state index contributed by atoms with van der Waals surface area (Å²) in [5.41, 5.74) is 2.23. The Morgan fingerprint density at radius 2 is 1.91 bits per heavy atom. The topological polar surface area (TPSA) is 55.8 Å². The van der Waals surface area contributed by atoms with E-state index in [0.29, 0.717) is 11.3 Å². The Morgan fingerprint density at radius 3 is 2.45 bits per heavy atom. The third-order valence-electron chi connectivity index (χ3n) is 3.36. The van der Waals surface area contributed by atoms with E-state index in [4.69, 9.17) is 9.47 Å². The maximum atomic E-state index is 12.6. The lowest BCUT2D eigenvalue weighted by atomic mass is 10.0. The molecule has 118 valence electrons. The first-order valence-corrected chi connectivity index (χ1v) is 7.05. The first-order valence-electron chi connectivity index (χ1n) is 7.05. The van der Waals surface area contributed by atoms with Crippen LogP contribution in [0, 0.1) is 6.92 Å². The van der Waals surface area contributed by atoms with E-state index in [2.05, 4.69) is 6.58 Å². The quantitative estimate of drug-likeness (QED) is 0.747. The zero-order valence-corrected chi connectivity index (χ0v) is 13.6. The zero-order chi connectivity index (χ0) is 16.7. The van der Waals surface area contributed by atoms with Gasteiger partial charge >= 0.3 is 12.1 Å². The van der Waals surface area contributed by atoms with Crippen LogP contribution in [0.25, 0.3) is 5.57 Å². The molecule has 5 heteroatoms. The molecular formula is C17H21NO4. The fourth-order valence-corrected chi connectivity index (χ4v) is 2.43. The summed E-state index contributed by atoms with van der Waals surface area (Å²) in [7, 11) is 1.29. The lowest BCUT2D eigenvalue weighted by Gasteiger charge is -2.28. The SMILES string of the molecule is C=C1c2ccc(C)cc2N(C(=O)OC(C)(C)C)C1C(=O)OC. The first kappa shape index (κ1) is 16.1. The Labute approximate surface area is 130 Å². The summed E-state index contributed by atoms with van der Waals surface area (Å²) in [4.78, 5) is 26.0. The molecule has 0 spiro atoms. The summed E-state index contributed by atoms with van der Waals surface area (Å²) in [5.74, 6) is -0.537. The molecule has 0 radical (unpaired) electrons. The van der Waals surface area contributed by atoms with Crippen LogP contribution >= 0.6 is 0 Å². The Balaban J connectivity index is 2.51. The van der Waals surface area contributed by atoms with Gasteiger partial charge in [0.15, 0.2) is 6.04 Å². The number of carbonyl (C=O) groups excluding carboxylic acids is 2. The number of methoxy groups -OCH3 is 1. The normalized spacial score (nSPS) is 17.2. The van der Waals surface area contributed by atoms with Crippen LogP contribution < -0.4 is 4.90 Å². The van der Waals surface area contributed by atoms with Gasteiger partial charge in [0, 0.05) is 5.56 Å². The molecule has 0 saturated carbocycles. The Kier molecular flexibility index (Phi) is 4.00. The molecule has 2 rings (SSSR count). The monoisotopic (exact) mass is 303 g/mol. The van der Waals surface area contributed by atoms with Crippen molar-refractivity contribution in [2.24, 2.45) is 0 Å². The molecule has 5 nitrogen and oxygen atoms in total. The van der Waals surface area contributed by atoms with Gasteiger partial charge < -0.3 is 9.47 Å². The zero-order valence-electron chi connectivity index (χ0n) is 13.6. The van der Waals surface area contributed by atoms with Crippen molar-refractivity contribution in [3.63, 3.8) is 0 Å². The molecule has 0 bridgehead atoms. The number of aryl methyl sites for hydroxylation is 1. The number of nitrogens with zero attached hydrogens (tertiary/aromatic N) is 1. The fraction of sp³-hybridized carbons (Fsp3) is 0.412. The molecule has 1 aromatic rings. The van der Waals surface area contributed by atoms with Crippen molar-refractivity contribution >= 4 is 23.3 Å². The van der Waals surface area contributed by atoms with Gasteiger partial charge in [0.2, 0.25) is 0 Å². The summed E-state index contributed by atoms with van der Waals surface area (Å²) in [6.07, 6.45) is -0.589. The molecule has 1 unspecified atom stereocenters. The molecule has 0 saturated heterocycles. The van der Waals surface area contributed by atoms with Crippen LogP contribution in [-0.2, 0) is 14.3 Å². The highest BCUT2D eigenvalue weighted by atomic mass is 16.6.